The van der Waals surface area contributed by atoms with Gasteiger partial charge < -0.3 is 14.5 Å². The average molecular weight is 705 g/mol. The fraction of sp³-hybridized carbons (Fsp3) is 0.487. The number of amidine groups is 1. The van der Waals surface area contributed by atoms with Crippen LogP contribution < -0.4 is 4.74 Å². The number of piperidine rings is 1. The van der Waals surface area contributed by atoms with Crippen molar-refractivity contribution in [3.05, 3.63) is 93.2 Å². The number of nitrogens with zero attached hydrogens (tertiary/aromatic N) is 5. The zero-order chi connectivity index (χ0) is 35.1. The molecule has 10 heteroatoms. The first kappa shape index (κ1) is 35.2. The number of rotatable bonds is 6. The van der Waals surface area contributed by atoms with E-state index in [0.717, 1.165) is 42.8 Å². The second kappa shape index (κ2) is 13.6. The molecule has 0 bridgehead atoms. The number of carbonyl (C=O) groups excluding carboxylic acids is 2. The maximum atomic E-state index is 15.2. The molecule has 2 unspecified atom stereocenters. The Hall–Kier alpha value is -3.62. The molecule has 2 fully saturated rings. The Balaban J connectivity index is 1.49. The van der Waals surface area contributed by atoms with Gasteiger partial charge in [0.05, 0.1) is 12.2 Å². The van der Waals surface area contributed by atoms with E-state index in [2.05, 4.69) is 34.6 Å². The number of halogens is 2. The lowest BCUT2D eigenvalue weighted by atomic mass is 9.71. The maximum absolute atomic E-state index is 15.2. The van der Waals surface area contributed by atoms with Crippen molar-refractivity contribution in [1.29, 1.82) is 0 Å². The number of amides is 3. The van der Waals surface area contributed by atoms with Gasteiger partial charge in [-0.25, -0.2) is 4.79 Å². The molecule has 2 atom stereocenters. The molecule has 0 aliphatic carbocycles. The van der Waals surface area contributed by atoms with E-state index in [1.165, 1.54) is 0 Å². The van der Waals surface area contributed by atoms with Gasteiger partial charge >= 0.3 is 6.03 Å². The predicted octanol–water partition coefficient (Wildman–Crippen LogP) is 8.43. The van der Waals surface area contributed by atoms with Crippen LogP contribution in [0.3, 0.4) is 0 Å². The van der Waals surface area contributed by atoms with E-state index in [4.69, 9.17) is 37.9 Å². The van der Waals surface area contributed by atoms with Gasteiger partial charge in [-0.3, -0.25) is 19.7 Å². The number of aliphatic imine (C=N–C) groups is 1. The second-order valence-corrected chi connectivity index (χ2v) is 15.6. The van der Waals surface area contributed by atoms with E-state index in [9.17, 15) is 4.79 Å². The van der Waals surface area contributed by atoms with E-state index in [-0.39, 0.29) is 23.3 Å². The van der Waals surface area contributed by atoms with Crippen LogP contribution in [0.1, 0.15) is 89.6 Å². The summed E-state index contributed by atoms with van der Waals surface area (Å²) in [6.07, 6.45) is 5.16. The number of likely N-dealkylation sites (tertiary alicyclic amines) is 2. The fourth-order valence-corrected chi connectivity index (χ4v) is 7.76. The summed E-state index contributed by atoms with van der Waals surface area (Å²) in [4.78, 5) is 44.6. The minimum absolute atomic E-state index is 0.0745. The van der Waals surface area contributed by atoms with Crippen molar-refractivity contribution in [3.8, 4) is 5.75 Å². The van der Waals surface area contributed by atoms with Gasteiger partial charge in [0, 0.05) is 65.5 Å². The monoisotopic (exact) mass is 703 g/mol. The van der Waals surface area contributed by atoms with Crippen LogP contribution in [0.15, 0.2) is 65.8 Å². The van der Waals surface area contributed by atoms with Gasteiger partial charge in [0.1, 0.15) is 22.7 Å². The normalized spacial score (nSPS) is 23.2. The summed E-state index contributed by atoms with van der Waals surface area (Å²) in [5, 5.41) is 1.21. The highest BCUT2D eigenvalue weighted by atomic mass is 35.5. The van der Waals surface area contributed by atoms with Crippen molar-refractivity contribution in [2.75, 3.05) is 32.8 Å². The van der Waals surface area contributed by atoms with Gasteiger partial charge in [-0.15, -0.1) is 0 Å². The highest BCUT2D eigenvalue weighted by Gasteiger charge is 2.60. The molecule has 3 aromatic rings. The van der Waals surface area contributed by atoms with Crippen molar-refractivity contribution in [3.63, 3.8) is 0 Å². The van der Waals surface area contributed by atoms with Crippen LogP contribution in [-0.2, 0) is 21.3 Å². The Bertz CT molecular complexity index is 1720. The maximum Gasteiger partial charge on any atom is 0.326 e. The molecule has 3 aliphatic rings. The molecule has 0 spiro atoms. The van der Waals surface area contributed by atoms with Crippen LogP contribution in [0.2, 0.25) is 10.0 Å². The minimum Gasteiger partial charge on any atom is -0.493 e. The number of benzene rings is 2. The zero-order valence-corrected chi connectivity index (χ0v) is 30.9. The van der Waals surface area contributed by atoms with E-state index < -0.39 is 11.1 Å². The summed E-state index contributed by atoms with van der Waals surface area (Å²) < 4.78 is 6.28. The number of hydrogen-bond acceptors (Lipinski definition) is 5. The first-order valence-corrected chi connectivity index (χ1v) is 18.2. The van der Waals surface area contributed by atoms with Gasteiger partial charge in [-0.1, -0.05) is 68.2 Å². The van der Waals surface area contributed by atoms with Gasteiger partial charge in [0.25, 0.3) is 0 Å². The summed E-state index contributed by atoms with van der Waals surface area (Å²) in [5.74, 6) is 1.24. The van der Waals surface area contributed by atoms with Gasteiger partial charge in [0.15, 0.2) is 0 Å². The summed E-state index contributed by atoms with van der Waals surface area (Å²) in [6, 6.07) is 17.1. The topological polar surface area (TPSA) is 78.3 Å². The summed E-state index contributed by atoms with van der Waals surface area (Å²) in [7, 11) is 0. The molecular formula is C39H47Cl2N5O3. The lowest BCUT2D eigenvalue weighted by Gasteiger charge is -2.47. The summed E-state index contributed by atoms with van der Waals surface area (Å²) in [6.45, 7) is 15.5. The van der Waals surface area contributed by atoms with Gasteiger partial charge in [-0.2, -0.15) is 0 Å². The van der Waals surface area contributed by atoms with Crippen molar-refractivity contribution < 1.29 is 14.3 Å². The average Bonchev–Trinajstić information content (AvgIpc) is 3.70. The van der Waals surface area contributed by atoms with E-state index in [1.807, 2.05) is 76.2 Å². The molecule has 4 heterocycles. The Kier molecular flexibility index (Phi) is 9.77. The van der Waals surface area contributed by atoms with Crippen molar-refractivity contribution in [2.45, 2.75) is 83.7 Å². The molecule has 1 aromatic heterocycles. The largest absolute Gasteiger partial charge is 0.493 e. The van der Waals surface area contributed by atoms with E-state index in [0.29, 0.717) is 59.7 Å². The molecule has 2 aromatic carbocycles. The molecular weight excluding hydrogens is 657 g/mol. The third kappa shape index (κ3) is 6.43. The van der Waals surface area contributed by atoms with Gasteiger partial charge in [-0.05, 0) is 81.8 Å². The van der Waals surface area contributed by atoms with Crippen LogP contribution in [0.4, 0.5) is 4.79 Å². The highest BCUT2D eigenvalue weighted by Crippen LogP contribution is 2.54. The van der Waals surface area contributed by atoms with Crippen molar-refractivity contribution in [1.82, 2.24) is 19.7 Å². The van der Waals surface area contributed by atoms with Crippen LogP contribution in [0, 0.1) is 5.92 Å². The van der Waals surface area contributed by atoms with Crippen LogP contribution in [-0.4, -0.2) is 70.2 Å². The van der Waals surface area contributed by atoms with Crippen molar-refractivity contribution >= 4 is 41.0 Å². The molecule has 3 amide bonds. The molecule has 260 valence electrons. The van der Waals surface area contributed by atoms with E-state index in [1.54, 1.807) is 6.20 Å². The molecule has 0 N–H and O–H groups in total. The number of pyridine rings is 1. The predicted molar refractivity (Wildman–Crippen MR) is 196 cm³/mol. The number of ether oxygens (including phenoxy) is 1. The SMILES string of the molecule is CCOc1cc(C(C)(C)C)ncc1C1=NC(C)(c2ccc(Cl)cc2)C(C)(c2ccc(Cl)cc2)N1C(=O)N1CCC(C(=O)N2CCCC2)CC1. The minimum atomic E-state index is -1.02. The molecule has 8 nitrogen and oxygen atoms in total. The molecule has 49 heavy (non-hydrogen) atoms. The summed E-state index contributed by atoms with van der Waals surface area (Å²) >= 11 is 12.8. The van der Waals surface area contributed by atoms with Crippen molar-refractivity contribution in [2.24, 2.45) is 10.9 Å². The van der Waals surface area contributed by atoms with Crippen LogP contribution >= 0.6 is 23.2 Å². The van der Waals surface area contributed by atoms with Gasteiger partial charge in [0.2, 0.25) is 5.91 Å². The lowest BCUT2D eigenvalue weighted by Crippen LogP contribution is -2.59. The lowest BCUT2D eigenvalue weighted by molar-refractivity contribution is -0.135. The number of aromatic nitrogens is 1. The number of hydrogen-bond donors (Lipinski definition) is 0. The molecule has 0 radical (unpaired) electrons. The molecule has 6 rings (SSSR count). The Morgan fingerprint density at radius 1 is 0.878 bits per heavy atom. The Morgan fingerprint density at radius 3 is 2.00 bits per heavy atom. The fourth-order valence-electron chi connectivity index (χ4n) is 7.51. The summed E-state index contributed by atoms with van der Waals surface area (Å²) in [5.41, 5.74) is 1.08. The van der Waals surface area contributed by atoms with Crippen LogP contribution in [0.5, 0.6) is 5.75 Å². The standard InChI is InChI=1S/C39H47Cl2N5O3/c1-7-49-32-24-33(37(2,3)4)42-25-31(32)34-43-38(5,27-10-14-29(40)15-11-27)39(6,28-12-16-30(41)17-13-28)46(34)36(48)45-22-18-26(19-23-45)35(47)44-20-8-9-21-44/h10-17,24-26H,7-9,18-23H2,1-6H3. The smallest absolute Gasteiger partial charge is 0.326 e. The quantitative estimate of drug-likeness (QED) is 0.258. The highest BCUT2D eigenvalue weighted by molar-refractivity contribution is 6.30. The zero-order valence-electron chi connectivity index (χ0n) is 29.4. The molecule has 2 saturated heterocycles. The van der Waals surface area contributed by atoms with E-state index >= 15 is 4.79 Å². The first-order chi connectivity index (χ1) is 23.3. The third-order valence-corrected chi connectivity index (χ3v) is 11.2. The van der Waals surface area contributed by atoms with Crippen LogP contribution in [0.25, 0.3) is 0 Å². The number of carbonyl (C=O) groups is 2. The molecule has 0 saturated carbocycles. The third-order valence-electron chi connectivity index (χ3n) is 10.6. The molecule has 3 aliphatic heterocycles. The first-order valence-electron chi connectivity index (χ1n) is 17.4. The second-order valence-electron chi connectivity index (χ2n) is 14.8. The number of urea groups is 1. The Morgan fingerprint density at radius 2 is 1.45 bits per heavy atom. The Labute approximate surface area is 300 Å².